The van der Waals surface area contributed by atoms with Gasteiger partial charge in [-0.2, -0.15) is 0 Å². The summed E-state index contributed by atoms with van der Waals surface area (Å²) in [6.45, 7) is 3.59. The molecule has 1 saturated heterocycles. The minimum atomic E-state index is -0.324. The molecule has 0 bridgehead atoms. The van der Waals surface area contributed by atoms with E-state index in [0.717, 1.165) is 5.56 Å². The molecule has 1 amide bonds. The second-order valence-corrected chi connectivity index (χ2v) is 4.88. The average Bonchev–Trinajstić information content (AvgIpc) is 2.52. The number of para-hydroxylation sites is 1. The fourth-order valence-electron chi connectivity index (χ4n) is 2.41. The fraction of sp³-hybridized carbons (Fsp3) is 0.533. The minimum absolute atomic E-state index is 0. The Labute approximate surface area is 136 Å². The zero-order valence-corrected chi connectivity index (χ0v) is 13.9. The van der Waals surface area contributed by atoms with Gasteiger partial charge in [-0.25, -0.2) is 0 Å². The van der Waals surface area contributed by atoms with Crippen LogP contribution in [0.1, 0.15) is 12.5 Å². The van der Waals surface area contributed by atoms with Crippen LogP contribution in [0.5, 0.6) is 11.5 Å². The maximum absolute atomic E-state index is 12.2. The van der Waals surface area contributed by atoms with Gasteiger partial charge in [-0.3, -0.25) is 4.79 Å². The molecule has 0 radical (unpaired) electrons. The summed E-state index contributed by atoms with van der Waals surface area (Å²) in [5, 5.41) is 6.07. The van der Waals surface area contributed by atoms with E-state index < -0.39 is 0 Å². The number of carbonyl (C=O) groups is 1. The molecule has 0 unspecified atom stereocenters. The first-order chi connectivity index (χ1) is 10.2. The van der Waals surface area contributed by atoms with Crippen LogP contribution in [-0.4, -0.2) is 45.4 Å². The average molecular weight is 331 g/mol. The molecule has 1 aromatic rings. The van der Waals surface area contributed by atoms with Gasteiger partial charge in [0.2, 0.25) is 5.91 Å². The summed E-state index contributed by atoms with van der Waals surface area (Å²) in [5.41, 5.74) is 0.870. The lowest BCUT2D eigenvalue weighted by atomic mass is 10.1. The molecule has 2 rings (SSSR count). The Hall–Kier alpha value is -1.50. The van der Waals surface area contributed by atoms with Gasteiger partial charge in [-0.1, -0.05) is 12.1 Å². The van der Waals surface area contributed by atoms with Crippen molar-refractivity contribution in [2.75, 3.05) is 27.4 Å². The highest BCUT2D eigenvalue weighted by atomic mass is 35.5. The molecule has 0 aromatic heterocycles. The van der Waals surface area contributed by atoms with Crippen molar-refractivity contribution in [2.24, 2.45) is 0 Å². The number of carbonyl (C=O) groups excluding carboxylic acids is 1. The van der Waals surface area contributed by atoms with Crippen LogP contribution >= 0.6 is 12.4 Å². The van der Waals surface area contributed by atoms with E-state index in [1.807, 2.05) is 25.1 Å². The third-order valence-corrected chi connectivity index (χ3v) is 3.54. The molecule has 1 heterocycles. The Balaban J connectivity index is 0.00000242. The number of methoxy groups -OCH3 is 2. The van der Waals surface area contributed by atoms with Crippen LogP contribution in [-0.2, 0) is 16.1 Å². The summed E-state index contributed by atoms with van der Waals surface area (Å²) in [6.07, 6.45) is -0.133. The Morgan fingerprint density at radius 3 is 2.82 bits per heavy atom. The van der Waals surface area contributed by atoms with Gasteiger partial charge in [0, 0.05) is 18.7 Å². The molecule has 2 atom stereocenters. The monoisotopic (exact) mass is 330 g/mol. The molecule has 1 aliphatic rings. The Morgan fingerprint density at radius 1 is 1.41 bits per heavy atom. The summed E-state index contributed by atoms with van der Waals surface area (Å²) >= 11 is 0. The number of rotatable bonds is 5. The first-order valence-corrected chi connectivity index (χ1v) is 7.00. The predicted molar refractivity (Wildman–Crippen MR) is 85.8 cm³/mol. The molecule has 6 nitrogen and oxygen atoms in total. The van der Waals surface area contributed by atoms with Gasteiger partial charge in [-0.05, 0) is 13.0 Å². The van der Waals surface area contributed by atoms with Gasteiger partial charge < -0.3 is 24.8 Å². The summed E-state index contributed by atoms with van der Waals surface area (Å²) in [4.78, 5) is 12.2. The van der Waals surface area contributed by atoms with Crippen LogP contribution in [0, 0.1) is 0 Å². The van der Waals surface area contributed by atoms with E-state index in [0.29, 0.717) is 31.2 Å². The van der Waals surface area contributed by atoms with Crippen LogP contribution in [0.2, 0.25) is 0 Å². The zero-order chi connectivity index (χ0) is 15.2. The van der Waals surface area contributed by atoms with Gasteiger partial charge in [0.15, 0.2) is 11.5 Å². The summed E-state index contributed by atoms with van der Waals surface area (Å²) < 4.78 is 16.1. The standard InChI is InChI=1S/C15H22N2O4.ClH/c1-10-13(16-7-8-21-10)15(18)17-9-11-5-4-6-12(19-2)14(11)20-3;/h4-6,10,13,16H,7-9H2,1-3H3,(H,17,18);1H/t10-,13+;/m1./s1. The molecular weight excluding hydrogens is 308 g/mol. The van der Waals surface area contributed by atoms with Crippen LogP contribution in [0.15, 0.2) is 18.2 Å². The maximum Gasteiger partial charge on any atom is 0.240 e. The van der Waals surface area contributed by atoms with Crippen molar-refractivity contribution in [3.8, 4) is 11.5 Å². The van der Waals surface area contributed by atoms with Crippen LogP contribution in [0.3, 0.4) is 0 Å². The summed E-state index contributed by atoms with van der Waals surface area (Å²) in [5.74, 6) is 1.21. The molecule has 1 aliphatic heterocycles. The lowest BCUT2D eigenvalue weighted by molar-refractivity contribution is -0.129. The van der Waals surface area contributed by atoms with Gasteiger partial charge in [-0.15, -0.1) is 12.4 Å². The first-order valence-electron chi connectivity index (χ1n) is 7.00. The van der Waals surface area contributed by atoms with Crippen molar-refractivity contribution in [2.45, 2.75) is 25.6 Å². The molecule has 22 heavy (non-hydrogen) atoms. The van der Waals surface area contributed by atoms with Gasteiger partial charge in [0.25, 0.3) is 0 Å². The van der Waals surface area contributed by atoms with E-state index in [-0.39, 0.29) is 30.5 Å². The molecule has 7 heteroatoms. The fourth-order valence-corrected chi connectivity index (χ4v) is 2.41. The number of ether oxygens (including phenoxy) is 3. The lowest BCUT2D eigenvalue weighted by Gasteiger charge is -2.29. The Kier molecular flexibility index (Phi) is 7.44. The van der Waals surface area contributed by atoms with E-state index in [2.05, 4.69) is 10.6 Å². The third kappa shape index (κ3) is 4.25. The summed E-state index contributed by atoms with van der Waals surface area (Å²) in [6, 6.07) is 5.27. The quantitative estimate of drug-likeness (QED) is 0.846. The van der Waals surface area contributed by atoms with Crippen LogP contribution in [0.4, 0.5) is 0 Å². The van der Waals surface area contributed by atoms with Crippen molar-refractivity contribution in [3.63, 3.8) is 0 Å². The maximum atomic E-state index is 12.2. The second kappa shape index (κ2) is 8.82. The van der Waals surface area contributed by atoms with E-state index >= 15 is 0 Å². The van der Waals surface area contributed by atoms with Gasteiger partial charge >= 0.3 is 0 Å². The van der Waals surface area contributed by atoms with E-state index in [9.17, 15) is 4.79 Å². The Morgan fingerprint density at radius 2 is 2.18 bits per heavy atom. The Bertz CT molecular complexity index is 498. The van der Waals surface area contributed by atoms with Gasteiger partial charge in [0.1, 0.15) is 6.04 Å². The molecular formula is C15H23ClN2O4. The van der Waals surface area contributed by atoms with Crippen LogP contribution in [0.25, 0.3) is 0 Å². The predicted octanol–water partition coefficient (Wildman–Crippen LogP) is 1.12. The van der Waals surface area contributed by atoms with Crippen molar-refractivity contribution < 1.29 is 19.0 Å². The van der Waals surface area contributed by atoms with Crippen molar-refractivity contribution >= 4 is 18.3 Å². The minimum Gasteiger partial charge on any atom is -0.493 e. The van der Waals surface area contributed by atoms with Gasteiger partial charge in [0.05, 0.1) is 26.9 Å². The second-order valence-electron chi connectivity index (χ2n) is 4.88. The number of hydrogen-bond donors (Lipinski definition) is 2. The van der Waals surface area contributed by atoms with Crippen molar-refractivity contribution in [3.05, 3.63) is 23.8 Å². The molecule has 1 fully saturated rings. The molecule has 124 valence electrons. The molecule has 0 spiro atoms. The van der Waals surface area contributed by atoms with E-state index in [1.54, 1.807) is 14.2 Å². The normalized spacial score (nSPS) is 20.7. The SMILES string of the molecule is COc1cccc(CNC(=O)[C@H]2NCCO[C@@H]2C)c1OC.Cl. The lowest BCUT2D eigenvalue weighted by Crippen LogP contribution is -2.55. The number of amides is 1. The number of halogens is 1. The van der Waals surface area contributed by atoms with E-state index in [4.69, 9.17) is 14.2 Å². The molecule has 0 saturated carbocycles. The van der Waals surface area contributed by atoms with Crippen molar-refractivity contribution in [1.82, 2.24) is 10.6 Å². The number of nitrogens with one attached hydrogen (secondary N) is 2. The van der Waals surface area contributed by atoms with Crippen molar-refractivity contribution in [1.29, 1.82) is 0 Å². The molecule has 0 aliphatic carbocycles. The third-order valence-electron chi connectivity index (χ3n) is 3.54. The topological polar surface area (TPSA) is 68.8 Å². The van der Waals surface area contributed by atoms with Crippen LogP contribution < -0.4 is 20.1 Å². The highest BCUT2D eigenvalue weighted by Crippen LogP contribution is 2.30. The first kappa shape index (κ1) is 18.5. The molecule has 2 N–H and O–H groups in total. The highest BCUT2D eigenvalue weighted by Gasteiger charge is 2.28. The highest BCUT2D eigenvalue weighted by molar-refractivity contribution is 5.85. The number of hydrogen-bond acceptors (Lipinski definition) is 5. The number of benzene rings is 1. The zero-order valence-electron chi connectivity index (χ0n) is 13.0. The molecule has 1 aromatic carbocycles. The largest absolute Gasteiger partial charge is 0.493 e. The smallest absolute Gasteiger partial charge is 0.240 e. The summed E-state index contributed by atoms with van der Waals surface area (Å²) in [7, 11) is 3.17. The number of morpholine rings is 1. The van der Waals surface area contributed by atoms with E-state index in [1.165, 1.54) is 0 Å².